The smallest absolute Gasteiger partial charge is 0.00894 e. The van der Waals surface area contributed by atoms with E-state index in [-0.39, 0.29) is 0 Å². The molecule has 0 aliphatic rings. The Labute approximate surface area is 104 Å². The predicted octanol–water partition coefficient (Wildman–Crippen LogP) is 3.93. The molecule has 2 unspecified atom stereocenters. The summed E-state index contributed by atoms with van der Waals surface area (Å²) in [6, 6.07) is 5.58. The van der Waals surface area contributed by atoms with Gasteiger partial charge in [0, 0.05) is 21.8 Å². The molecule has 0 saturated heterocycles. The van der Waals surface area contributed by atoms with E-state index >= 15 is 0 Å². The normalized spacial score (nSPS) is 14.7. The molecule has 1 N–H and O–H groups in total. The zero-order valence-electron chi connectivity index (χ0n) is 10.6. The van der Waals surface area contributed by atoms with E-state index in [2.05, 4.69) is 44.8 Å². The molecule has 0 amide bonds. The van der Waals surface area contributed by atoms with Gasteiger partial charge in [-0.05, 0) is 52.2 Å². The Morgan fingerprint density at radius 1 is 1.38 bits per heavy atom. The largest absolute Gasteiger partial charge is 0.311 e. The van der Waals surface area contributed by atoms with Crippen LogP contribution in [0.15, 0.2) is 24.8 Å². The molecule has 0 aliphatic heterocycles. The molecule has 1 nitrogen and oxygen atoms in total. The average molecular weight is 237 g/mol. The van der Waals surface area contributed by atoms with Crippen molar-refractivity contribution in [3.8, 4) is 0 Å². The molecule has 90 valence electrons. The van der Waals surface area contributed by atoms with E-state index in [1.807, 2.05) is 17.4 Å². The first-order valence-electron chi connectivity index (χ1n) is 6.04. The Kier molecular flexibility index (Phi) is 5.78. The van der Waals surface area contributed by atoms with Crippen LogP contribution in [0.3, 0.4) is 0 Å². The fourth-order valence-corrected chi connectivity index (χ4v) is 2.91. The molecule has 1 rings (SSSR count). The van der Waals surface area contributed by atoms with Crippen LogP contribution in [0.5, 0.6) is 0 Å². The summed E-state index contributed by atoms with van der Waals surface area (Å²) in [4.78, 5) is 2.88. The van der Waals surface area contributed by atoms with Crippen molar-refractivity contribution in [3.05, 3.63) is 34.5 Å². The van der Waals surface area contributed by atoms with Gasteiger partial charge in [0.2, 0.25) is 0 Å². The van der Waals surface area contributed by atoms with E-state index in [9.17, 15) is 0 Å². The van der Waals surface area contributed by atoms with E-state index in [1.54, 1.807) is 0 Å². The van der Waals surface area contributed by atoms with Gasteiger partial charge in [0.25, 0.3) is 0 Å². The van der Waals surface area contributed by atoms with E-state index in [0.717, 1.165) is 12.8 Å². The van der Waals surface area contributed by atoms with Gasteiger partial charge >= 0.3 is 0 Å². The molecule has 0 spiro atoms. The highest BCUT2D eigenvalue weighted by atomic mass is 32.1. The van der Waals surface area contributed by atoms with Crippen LogP contribution in [0.4, 0.5) is 0 Å². The van der Waals surface area contributed by atoms with Crippen LogP contribution in [-0.2, 0) is 6.42 Å². The maximum absolute atomic E-state index is 3.76. The molecule has 0 fully saturated rings. The van der Waals surface area contributed by atoms with E-state index < -0.39 is 0 Å². The third kappa shape index (κ3) is 4.95. The highest BCUT2D eigenvalue weighted by molar-refractivity contribution is 7.11. The van der Waals surface area contributed by atoms with Crippen molar-refractivity contribution >= 4 is 11.3 Å². The Hall–Kier alpha value is -0.600. The average Bonchev–Trinajstić information content (AvgIpc) is 2.60. The van der Waals surface area contributed by atoms with E-state index in [0.29, 0.717) is 12.1 Å². The highest BCUT2D eigenvalue weighted by Gasteiger charge is 2.08. The number of thiophene rings is 1. The summed E-state index contributed by atoms with van der Waals surface area (Å²) in [6.07, 6.45) is 5.40. The van der Waals surface area contributed by atoms with Gasteiger partial charge in [0.05, 0.1) is 0 Å². The number of allylic oxidation sites excluding steroid dienone is 1. The van der Waals surface area contributed by atoms with Crippen molar-refractivity contribution in [1.82, 2.24) is 5.32 Å². The Morgan fingerprint density at radius 3 is 2.69 bits per heavy atom. The third-order valence-corrected chi connectivity index (χ3v) is 3.70. The zero-order valence-corrected chi connectivity index (χ0v) is 11.4. The number of hydrogen-bond acceptors (Lipinski definition) is 2. The number of hydrogen-bond donors (Lipinski definition) is 1. The molecular formula is C14H23NS. The van der Waals surface area contributed by atoms with Gasteiger partial charge in [-0.3, -0.25) is 0 Å². The first kappa shape index (κ1) is 13.5. The summed E-state index contributed by atoms with van der Waals surface area (Å²) < 4.78 is 0. The van der Waals surface area contributed by atoms with Gasteiger partial charge < -0.3 is 5.32 Å². The van der Waals surface area contributed by atoms with Crippen LogP contribution in [0, 0.1) is 6.92 Å². The van der Waals surface area contributed by atoms with Crippen LogP contribution in [0.25, 0.3) is 0 Å². The van der Waals surface area contributed by atoms with Gasteiger partial charge in [-0.15, -0.1) is 17.9 Å². The first-order valence-corrected chi connectivity index (χ1v) is 6.85. The first-order chi connectivity index (χ1) is 7.61. The molecule has 0 aliphatic carbocycles. The number of rotatable bonds is 7. The lowest BCUT2D eigenvalue weighted by molar-refractivity contribution is 0.448. The van der Waals surface area contributed by atoms with Gasteiger partial charge in [-0.2, -0.15) is 0 Å². The van der Waals surface area contributed by atoms with Crippen LogP contribution < -0.4 is 5.32 Å². The minimum atomic E-state index is 0.554. The molecule has 1 heterocycles. The highest BCUT2D eigenvalue weighted by Crippen LogP contribution is 2.16. The van der Waals surface area contributed by atoms with E-state index in [4.69, 9.17) is 0 Å². The lowest BCUT2D eigenvalue weighted by Crippen LogP contribution is -2.35. The summed E-state index contributed by atoms with van der Waals surface area (Å²) in [6.45, 7) is 10.4. The van der Waals surface area contributed by atoms with Crippen molar-refractivity contribution < 1.29 is 0 Å². The Morgan fingerprint density at radius 2 is 2.12 bits per heavy atom. The van der Waals surface area contributed by atoms with Gasteiger partial charge in [0.15, 0.2) is 0 Å². The maximum atomic E-state index is 3.76. The second-order valence-corrected chi connectivity index (χ2v) is 5.92. The fourth-order valence-electron chi connectivity index (χ4n) is 1.89. The van der Waals surface area contributed by atoms with Crippen LogP contribution in [-0.4, -0.2) is 12.1 Å². The van der Waals surface area contributed by atoms with Crippen LogP contribution in [0.2, 0.25) is 0 Å². The molecule has 0 bridgehead atoms. The molecular weight excluding hydrogens is 214 g/mol. The number of aryl methyl sites for hydroxylation is 1. The van der Waals surface area contributed by atoms with Crippen molar-refractivity contribution in [2.75, 3.05) is 0 Å². The lowest BCUT2D eigenvalue weighted by atomic mass is 10.1. The van der Waals surface area contributed by atoms with Crippen molar-refractivity contribution in [3.63, 3.8) is 0 Å². The molecule has 1 aromatic rings. The molecule has 0 saturated carbocycles. The van der Waals surface area contributed by atoms with E-state index in [1.165, 1.54) is 16.2 Å². The Bertz CT molecular complexity index is 316. The number of nitrogens with one attached hydrogen (secondary N) is 1. The van der Waals surface area contributed by atoms with Crippen molar-refractivity contribution in [1.29, 1.82) is 0 Å². The van der Waals surface area contributed by atoms with Gasteiger partial charge in [-0.25, -0.2) is 0 Å². The monoisotopic (exact) mass is 237 g/mol. The zero-order chi connectivity index (χ0) is 12.0. The fraction of sp³-hybridized carbons (Fsp3) is 0.571. The second kappa shape index (κ2) is 6.87. The minimum absolute atomic E-state index is 0.554. The molecule has 2 heteroatoms. The summed E-state index contributed by atoms with van der Waals surface area (Å²) in [5.41, 5.74) is 0. The second-order valence-electron chi connectivity index (χ2n) is 4.55. The van der Waals surface area contributed by atoms with Gasteiger partial charge in [0.1, 0.15) is 0 Å². The predicted molar refractivity (Wildman–Crippen MR) is 74.3 cm³/mol. The lowest BCUT2D eigenvalue weighted by Gasteiger charge is -2.19. The SMILES string of the molecule is C=CCCC(C)NC(C)Cc1ccc(C)s1. The molecule has 2 atom stereocenters. The topological polar surface area (TPSA) is 12.0 Å². The third-order valence-electron chi connectivity index (χ3n) is 2.68. The molecule has 0 aromatic carbocycles. The van der Waals surface area contributed by atoms with Crippen molar-refractivity contribution in [2.24, 2.45) is 0 Å². The maximum Gasteiger partial charge on any atom is 0.00894 e. The Balaban J connectivity index is 2.29. The summed E-state index contributed by atoms with van der Waals surface area (Å²) in [5.74, 6) is 0. The molecule has 0 radical (unpaired) electrons. The molecule has 16 heavy (non-hydrogen) atoms. The summed E-state index contributed by atoms with van der Waals surface area (Å²) in [7, 11) is 0. The van der Waals surface area contributed by atoms with Crippen LogP contribution in [0.1, 0.15) is 36.4 Å². The van der Waals surface area contributed by atoms with Gasteiger partial charge in [-0.1, -0.05) is 6.08 Å². The van der Waals surface area contributed by atoms with Crippen molar-refractivity contribution in [2.45, 2.75) is 52.1 Å². The quantitative estimate of drug-likeness (QED) is 0.708. The summed E-state index contributed by atoms with van der Waals surface area (Å²) in [5, 5.41) is 3.63. The van der Waals surface area contributed by atoms with Crippen LogP contribution >= 0.6 is 11.3 Å². The standard InChI is InChI=1S/C14H23NS/c1-5-6-7-11(2)15-12(3)10-14-9-8-13(4)16-14/h5,8-9,11-12,15H,1,6-7,10H2,2-4H3. The molecule has 1 aromatic heterocycles. The minimum Gasteiger partial charge on any atom is -0.311 e. The summed E-state index contributed by atoms with van der Waals surface area (Å²) >= 11 is 1.90.